The lowest BCUT2D eigenvalue weighted by Crippen LogP contribution is -2.35. The second kappa shape index (κ2) is 2.18. The normalized spacial score (nSPS) is 11.4. The van der Waals surface area contributed by atoms with Gasteiger partial charge in [-0.2, -0.15) is 0 Å². The molecule has 0 aromatic rings. The molecule has 0 bridgehead atoms. The molecule has 0 radical (unpaired) electrons. The number of nitrogens with zero attached hydrogens (tertiary/aromatic N) is 1. The van der Waals surface area contributed by atoms with Crippen LogP contribution in [0.2, 0.25) is 0 Å². The van der Waals surface area contributed by atoms with E-state index in [1.54, 1.807) is 0 Å². The summed E-state index contributed by atoms with van der Waals surface area (Å²) in [6, 6.07) is 0. The zero-order valence-electron chi connectivity index (χ0n) is 5.81. The molecule has 0 aromatic heterocycles. The van der Waals surface area contributed by atoms with Gasteiger partial charge in [-0.15, -0.1) is 0 Å². The van der Waals surface area contributed by atoms with Gasteiger partial charge in [0.25, 0.3) is 0 Å². The number of rotatable bonds is 2. The highest BCUT2D eigenvalue weighted by molar-refractivity contribution is 4.76. The van der Waals surface area contributed by atoms with E-state index < -0.39 is 0 Å². The highest BCUT2D eigenvalue weighted by Gasteiger charge is 2.06. The number of aliphatic hydroxyl groups excluding tert-OH is 1. The third kappa shape index (κ3) is 5.50. The van der Waals surface area contributed by atoms with Crippen LogP contribution in [-0.4, -0.2) is 37.3 Å². The summed E-state index contributed by atoms with van der Waals surface area (Å²) < 4.78 is 0.731. The lowest BCUT2D eigenvalue weighted by Gasteiger charge is -2.22. The van der Waals surface area contributed by atoms with Gasteiger partial charge in [-0.3, -0.25) is 0 Å². The first-order valence-electron chi connectivity index (χ1n) is 2.59. The summed E-state index contributed by atoms with van der Waals surface area (Å²) in [5.74, 6) is 0.248. The lowest BCUT2D eigenvalue weighted by atomic mass is 10.5. The van der Waals surface area contributed by atoms with E-state index >= 15 is 0 Å². The largest absolute Gasteiger partial charge is 0.507 e. The number of aliphatic hydroxyl groups is 1. The van der Waals surface area contributed by atoms with E-state index in [0.717, 1.165) is 4.48 Å². The number of quaternary nitrogens is 1. The van der Waals surface area contributed by atoms with Gasteiger partial charge in [0.2, 0.25) is 0 Å². The maximum Gasteiger partial charge on any atom is 0.139 e. The maximum absolute atomic E-state index is 8.68. The third-order valence-corrected chi connectivity index (χ3v) is 0.657. The molecule has 1 N–H and O–H groups in total. The molecule has 0 aromatic carbocycles. The topological polar surface area (TPSA) is 20.2 Å². The fourth-order valence-corrected chi connectivity index (χ4v) is 0.548. The van der Waals surface area contributed by atoms with Crippen molar-refractivity contribution in [1.29, 1.82) is 0 Å². The van der Waals surface area contributed by atoms with E-state index in [9.17, 15) is 0 Å². The summed E-state index contributed by atoms with van der Waals surface area (Å²) in [4.78, 5) is 0. The van der Waals surface area contributed by atoms with Crippen LogP contribution >= 0.6 is 0 Å². The fourth-order valence-electron chi connectivity index (χ4n) is 0.548. The van der Waals surface area contributed by atoms with Crippen LogP contribution < -0.4 is 0 Å². The number of hydrogen-bond donors (Lipinski definition) is 1. The molecule has 0 heterocycles. The van der Waals surface area contributed by atoms with Gasteiger partial charge in [0.15, 0.2) is 0 Å². The predicted molar refractivity (Wildman–Crippen MR) is 34.7 cm³/mol. The van der Waals surface area contributed by atoms with Gasteiger partial charge < -0.3 is 9.59 Å². The van der Waals surface area contributed by atoms with Crippen LogP contribution in [0.15, 0.2) is 12.3 Å². The smallest absolute Gasteiger partial charge is 0.139 e. The van der Waals surface area contributed by atoms with Gasteiger partial charge in [-0.1, -0.05) is 6.58 Å². The Morgan fingerprint density at radius 2 is 1.88 bits per heavy atom. The summed E-state index contributed by atoms with van der Waals surface area (Å²) in [6.07, 6.45) is 0. The Morgan fingerprint density at radius 3 is 1.88 bits per heavy atom. The summed E-state index contributed by atoms with van der Waals surface area (Å²) >= 11 is 0. The Balaban J connectivity index is 3.55. The molecule has 0 fully saturated rings. The Hall–Kier alpha value is -0.500. The molecule has 0 aliphatic heterocycles. The third-order valence-electron chi connectivity index (χ3n) is 0.657. The molecule has 0 saturated heterocycles. The minimum absolute atomic E-state index is 0.248. The van der Waals surface area contributed by atoms with Crippen molar-refractivity contribution in [3.63, 3.8) is 0 Å². The van der Waals surface area contributed by atoms with Gasteiger partial charge in [0.05, 0.1) is 21.1 Å². The zero-order valence-corrected chi connectivity index (χ0v) is 5.81. The minimum Gasteiger partial charge on any atom is -0.507 e. The molecular weight excluding hydrogens is 102 g/mol. The Morgan fingerprint density at radius 1 is 1.50 bits per heavy atom. The summed E-state index contributed by atoms with van der Waals surface area (Å²) in [7, 11) is 6.00. The van der Waals surface area contributed by atoms with Crippen LogP contribution in [0.25, 0.3) is 0 Å². The molecule has 0 unspecified atom stereocenters. The van der Waals surface area contributed by atoms with Crippen LogP contribution in [0.1, 0.15) is 0 Å². The molecule has 0 rings (SSSR count). The Labute approximate surface area is 50.6 Å². The van der Waals surface area contributed by atoms with E-state index in [1.165, 1.54) is 0 Å². The van der Waals surface area contributed by atoms with E-state index in [2.05, 4.69) is 6.58 Å². The monoisotopic (exact) mass is 116 g/mol. The average Bonchev–Trinajstić information content (AvgIpc) is 1.21. The molecule has 0 saturated carbocycles. The predicted octanol–water partition coefficient (Wildman–Crippen LogP) is 0.764. The van der Waals surface area contributed by atoms with Crippen LogP contribution in [-0.2, 0) is 0 Å². The first-order valence-corrected chi connectivity index (χ1v) is 2.59. The lowest BCUT2D eigenvalue weighted by molar-refractivity contribution is -0.866. The van der Waals surface area contributed by atoms with E-state index in [4.69, 9.17) is 5.11 Å². The van der Waals surface area contributed by atoms with E-state index in [0.29, 0.717) is 6.54 Å². The van der Waals surface area contributed by atoms with E-state index in [1.807, 2.05) is 21.1 Å². The first-order chi connectivity index (χ1) is 3.42. The minimum atomic E-state index is 0.248. The molecule has 0 aliphatic rings. The van der Waals surface area contributed by atoms with Crippen LogP contribution in [0.4, 0.5) is 0 Å². The van der Waals surface area contributed by atoms with Gasteiger partial charge >= 0.3 is 0 Å². The van der Waals surface area contributed by atoms with Gasteiger partial charge in [0.1, 0.15) is 12.3 Å². The molecule has 0 aliphatic carbocycles. The highest BCUT2D eigenvalue weighted by Crippen LogP contribution is 1.93. The summed E-state index contributed by atoms with van der Waals surface area (Å²) in [6.45, 7) is 4.01. The zero-order chi connectivity index (χ0) is 6.78. The quantitative estimate of drug-likeness (QED) is 0.417. The molecule has 2 heteroatoms. The first kappa shape index (κ1) is 7.50. The van der Waals surface area contributed by atoms with Crippen molar-refractivity contribution in [1.82, 2.24) is 0 Å². The molecule has 2 nitrogen and oxygen atoms in total. The Kier molecular flexibility index (Phi) is 2.04. The standard InChI is InChI=1S/C6H13NO/c1-6(8)5-7(2,3)4/h1,5H2,2-4H3/p+1. The van der Waals surface area contributed by atoms with Crippen molar-refractivity contribution in [2.45, 2.75) is 0 Å². The molecule has 0 spiro atoms. The van der Waals surface area contributed by atoms with Crippen molar-refractivity contribution in [2.75, 3.05) is 27.7 Å². The Bertz CT molecular complexity index is 91.2. The van der Waals surface area contributed by atoms with Crippen molar-refractivity contribution in [3.05, 3.63) is 12.3 Å². The van der Waals surface area contributed by atoms with Crippen molar-refractivity contribution in [2.24, 2.45) is 0 Å². The van der Waals surface area contributed by atoms with Gasteiger partial charge in [-0.05, 0) is 0 Å². The summed E-state index contributed by atoms with van der Waals surface area (Å²) in [5, 5.41) is 8.68. The van der Waals surface area contributed by atoms with E-state index in [-0.39, 0.29) is 5.76 Å². The molecule has 0 atom stereocenters. The average molecular weight is 116 g/mol. The second-order valence-electron chi connectivity index (χ2n) is 3.01. The summed E-state index contributed by atoms with van der Waals surface area (Å²) in [5.41, 5.74) is 0. The SMILES string of the molecule is C=C(O)C[N+](C)(C)C. The fraction of sp³-hybridized carbons (Fsp3) is 0.667. The molecule has 48 valence electrons. The van der Waals surface area contributed by atoms with Gasteiger partial charge in [-0.25, -0.2) is 0 Å². The number of likely N-dealkylation sites (N-methyl/N-ethyl adjacent to an activating group) is 1. The van der Waals surface area contributed by atoms with Crippen LogP contribution in [0, 0.1) is 0 Å². The van der Waals surface area contributed by atoms with Crippen molar-refractivity contribution in [3.8, 4) is 0 Å². The highest BCUT2D eigenvalue weighted by atomic mass is 16.3. The van der Waals surface area contributed by atoms with Crippen molar-refractivity contribution < 1.29 is 9.59 Å². The number of hydrogen-bond acceptors (Lipinski definition) is 1. The molecule has 0 amide bonds. The van der Waals surface area contributed by atoms with Crippen molar-refractivity contribution >= 4 is 0 Å². The van der Waals surface area contributed by atoms with Crippen LogP contribution in [0.3, 0.4) is 0 Å². The molecule has 8 heavy (non-hydrogen) atoms. The maximum atomic E-state index is 8.68. The van der Waals surface area contributed by atoms with Crippen LogP contribution in [0.5, 0.6) is 0 Å². The second-order valence-corrected chi connectivity index (χ2v) is 3.01. The van der Waals surface area contributed by atoms with Gasteiger partial charge in [0, 0.05) is 0 Å². The molecular formula is C6H14NO+.